The number of ether oxygens (including phenoxy) is 1. The maximum atomic E-state index is 12.9. The van der Waals surface area contributed by atoms with Gasteiger partial charge in [0.15, 0.2) is 0 Å². The predicted octanol–water partition coefficient (Wildman–Crippen LogP) is 1.32. The van der Waals surface area contributed by atoms with Crippen LogP contribution in [0.15, 0.2) is 30.3 Å². The first-order valence-corrected chi connectivity index (χ1v) is 10.3. The van der Waals surface area contributed by atoms with E-state index in [1.807, 2.05) is 25.1 Å². The fourth-order valence-electron chi connectivity index (χ4n) is 4.27. The Morgan fingerprint density at radius 3 is 2.41 bits per heavy atom. The fourth-order valence-corrected chi connectivity index (χ4v) is 4.27. The lowest BCUT2D eigenvalue weighted by Gasteiger charge is -2.27. The fraction of sp³-hybridized carbons (Fsp3) is 0.478. The number of likely N-dealkylation sites (tertiary alicyclic amines) is 1. The molecule has 0 spiro atoms. The molecule has 2 aromatic rings. The first-order valence-electron chi connectivity index (χ1n) is 10.3. The van der Waals surface area contributed by atoms with Gasteiger partial charge in [-0.1, -0.05) is 12.1 Å². The summed E-state index contributed by atoms with van der Waals surface area (Å²) in [5, 5.41) is 0. The van der Waals surface area contributed by atoms with Crippen molar-refractivity contribution < 1.29 is 19.2 Å². The van der Waals surface area contributed by atoms with Crippen molar-refractivity contribution in [3.8, 4) is 5.75 Å². The second kappa shape index (κ2) is 9.27. The Balaban J connectivity index is 1.60. The molecule has 1 aliphatic heterocycles. The largest absolute Gasteiger partial charge is 0.497 e. The second-order valence-corrected chi connectivity index (χ2v) is 8.06. The number of carbonyl (C=O) groups excluding carboxylic acids is 2. The van der Waals surface area contributed by atoms with Crippen LogP contribution < -0.4 is 15.4 Å². The number of nitrogens with two attached hydrogens (primary N) is 1. The Hall–Kier alpha value is -2.60. The van der Waals surface area contributed by atoms with Gasteiger partial charge in [0.1, 0.15) is 12.3 Å². The highest BCUT2D eigenvalue weighted by molar-refractivity contribution is 5.98. The minimum absolute atomic E-state index is 0.0307. The number of Topliss-reactive ketones (excluding diaryl/α,β-unsaturated/α-hetero) is 1. The number of aromatic nitrogens is 1. The average molecular weight is 399 g/mol. The van der Waals surface area contributed by atoms with Crippen molar-refractivity contribution in [3.63, 3.8) is 0 Å². The van der Waals surface area contributed by atoms with Crippen LogP contribution in [0.4, 0.5) is 0 Å². The smallest absolute Gasteiger partial charge is 0.220 e. The van der Waals surface area contributed by atoms with Crippen LogP contribution in [0.2, 0.25) is 0 Å². The van der Waals surface area contributed by atoms with Gasteiger partial charge in [-0.2, -0.15) is 0 Å². The molecule has 1 saturated heterocycles. The Morgan fingerprint density at radius 2 is 1.83 bits per heavy atom. The zero-order valence-electron chi connectivity index (χ0n) is 17.7. The summed E-state index contributed by atoms with van der Waals surface area (Å²) in [6.45, 7) is 7.07. The average Bonchev–Trinajstić information content (AvgIpc) is 3.01. The minimum atomic E-state index is -0.212. The third kappa shape index (κ3) is 5.07. The van der Waals surface area contributed by atoms with E-state index in [0.29, 0.717) is 6.54 Å². The van der Waals surface area contributed by atoms with Crippen LogP contribution in [-0.4, -0.2) is 43.0 Å². The first-order chi connectivity index (χ1) is 13.9. The lowest BCUT2D eigenvalue weighted by molar-refractivity contribution is -0.897. The minimum Gasteiger partial charge on any atom is -0.497 e. The predicted molar refractivity (Wildman–Crippen MR) is 112 cm³/mol. The molecule has 0 radical (unpaired) electrons. The molecule has 2 heterocycles. The highest BCUT2D eigenvalue weighted by Crippen LogP contribution is 2.18. The molecule has 0 aliphatic carbocycles. The molecular weight excluding hydrogens is 366 g/mol. The number of aryl methyl sites for hydroxylation is 2. The quantitative estimate of drug-likeness (QED) is 0.659. The number of nitrogens with zero attached hydrogens (tertiary/aromatic N) is 1. The zero-order chi connectivity index (χ0) is 21.0. The van der Waals surface area contributed by atoms with Crippen LogP contribution in [0.25, 0.3) is 0 Å². The summed E-state index contributed by atoms with van der Waals surface area (Å²) < 4.78 is 7.44. The number of methoxy groups -OCH3 is 1. The van der Waals surface area contributed by atoms with Crippen molar-refractivity contribution >= 4 is 11.7 Å². The number of primary amides is 1. The van der Waals surface area contributed by atoms with Crippen molar-refractivity contribution in [2.75, 3.05) is 26.7 Å². The molecule has 1 fully saturated rings. The number of carbonyl (C=O) groups is 2. The Bertz CT molecular complexity index is 862. The molecule has 0 unspecified atom stereocenters. The summed E-state index contributed by atoms with van der Waals surface area (Å²) in [6, 6.07) is 10.1. The van der Waals surface area contributed by atoms with Crippen LogP contribution in [0.5, 0.6) is 5.75 Å². The number of ketones is 1. The Kier molecular flexibility index (Phi) is 6.75. The van der Waals surface area contributed by atoms with Gasteiger partial charge in [-0.15, -0.1) is 0 Å². The highest BCUT2D eigenvalue weighted by atomic mass is 16.5. The van der Waals surface area contributed by atoms with E-state index in [0.717, 1.165) is 61.6 Å². The van der Waals surface area contributed by atoms with Gasteiger partial charge in [0.2, 0.25) is 11.7 Å². The van der Waals surface area contributed by atoms with E-state index in [1.54, 1.807) is 7.11 Å². The standard InChI is InChI=1S/C23H31N3O3/c1-16-14-21(22(27)15-25-11-9-19(10-12-25)23(24)28)17(2)26(16)13-8-18-4-6-20(29-3)7-5-18/h4-7,14,19H,8-13,15H2,1-3H3,(H2,24,28)/p+1. The van der Waals surface area contributed by atoms with Gasteiger partial charge < -0.3 is 19.9 Å². The number of rotatable bonds is 8. The number of amides is 1. The molecule has 0 atom stereocenters. The third-order valence-corrected chi connectivity index (χ3v) is 6.16. The number of piperidine rings is 1. The maximum absolute atomic E-state index is 12.9. The summed E-state index contributed by atoms with van der Waals surface area (Å²) in [7, 11) is 1.67. The number of quaternary nitrogens is 1. The normalized spacial score (nSPS) is 19.1. The van der Waals surface area contributed by atoms with Crippen molar-refractivity contribution in [1.82, 2.24) is 4.57 Å². The third-order valence-electron chi connectivity index (χ3n) is 6.16. The van der Waals surface area contributed by atoms with Crippen LogP contribution in [0.1, 0.15) is 40.2 Å². The molecule has 0 saturated carbocycles. The molecule has 3 rings (SSSR count). The van der Waals surface area contributed by atoms with Crippen LogP contribution >= 0.6 is 0 Å². The van der Waals surface area contributed by atoms with Crippen LogP contribution in [-0.2, 0) is 17.8 Å². The molecule has 29 heavy (non-hydrogen) atoms. The molecule has 1 aromatic heterocycles. The molecule has 1 aromatic carbocycles. The van der Waals surface area contributed by atoms with Crippen LogP contribution in [0.3, 0.4) is 0 Å². The van der Waals surface area contributed by atoms with Gasteiger partial charge in [0, 0.05) is 42.3 Å². The van der Waals surface area contributed by atoms with E-state index in [9.17, 15) is 9.59 Å². The molecule has 3 N–H and O–H groups in total. The van der Waals surface area contributed by atoms with Crippen molar-refractivity contribution in [3.05, 3.63) is 52.8 Å². The molecular formula is C23H32N3O3+. The molecule has 6 nitrogen and oxygen atoms in total. The number of hydrogen-bond acceptors (Lipinski definition) is 3. The topological polar surface area (TPSA) is 78.8 Å². The number of hydrogen-bond donors (Lipinski definition) is 2. The number of nitrogens with one attached hydrogen (secondary N) is 1. The van der Waals surface area contributed by atoms with E-state index in [1.165, 1.54) is 10.5 Å². The van der Waals surface area contributed by atoms with Gasteiger partial charge in [-0.05, 0) is 44.0 Å². The van der Waals surface area contributed by atoms with Gasteiger partial charge >= 0.3 is 0 Å². The van der Waals surface area contributed by atoms with E-state index < -0.39 is 0 Å². The van der Waals surface area contributed by atoms with E-state index >= 15 is 0 Å². The molecule has 6 heteroatoms. The summed E-state index contributed by atoms with van der Waals surface area (Å²) in [5.41, 5.74) is 9.62. The molecule has 1 amide bonds. The molecule has 1 aliphatic rings. The SMILES string of the molecule is COc1ccc(CCn2c(C)cc(C(=O)C[NH+]3CCC(C(N)=O)CC3)c2C)cc1. The highest BCUT2D eigenvalue weighted by Gasteiger charge is 2.28. The van der Waals surface area contributed by atoms with Gasteiger partial charge in [0.25, 0.3) is 0 Å². The van der Waals surface area contributed by atoms with Gasteiger partial charge in [-0.3, -0.25) is 9.59 Å². The molecule has 156 valence electrons. The van der Waals surface area contributed by atoms with Crippen molar-refractivity contribution in [2.24, 2.45) is 11.7 Å². The zero-order valence-corrected chi connectivity index (χ0v) is 17.7. The van der Waals surface area contributed by atoms with Crippen molar-refractivity contribution in [1.29, 1.82) is 0 Å². The molecule has 0 bridgehead atoms. The van der Waals surface area contributed by atoms with Gasteiger partial charge in [0.05, 0.1) is 20.2 Å². The van der Waals surface area contributed by atoms with E-state index in [4.69, 9.17) is 10.5 Å². The summed E-state index contributed by atoms with van der Waals surface area (Å²) in [4.78, 5) is 25.5. The maximum Gasteiger partial charge on any atom is 0.220 e. The van der Waals surface area contributed by atoms with Gasteiger partial charge in [-0.25, -0.2) is 0 Å². The monoisotopic (exact) mass is 398 g/mol. The first kappa shape index (κ1) is 21.1. The number of benzene rings is 1. The van der Waals surface area contributed by atoms with E-state index in [2.05, 4.69) is 23.6 Å². The Labute approximate surface area is 172 Å². The van der Waals surface area contributed by atoms with Crippen molar-refractivity contribution in [2.45, 2.75) is 39.7 Å². The van der Waals surface area contributed by atoms with E-state index in [-0.39, 0.29) is 17.6 Å². The lowest BCUT2D eigenvalue weighted by atomic mass is 9.96. The second-order valence-electron chi connectivity index (χ2n) is 8.06. The van der Waals surface area contributed by atoms with Crippen LogP contribution in [0, 0.1) is 19.8 Å². The Morgan fingerprint density at radius 1 is 1.17 bits per heavy atom. The summed E-state index contributed by atoms with van der Waals surface area (Å²) >= 11 is 0. The summed E-state index contributed by atoms with van der Waals surface area (Å²) in [6.07, 6.45) is 2.46. The lowest BCUT2D eigenvalue weighted by Crippen LogP contribution is -3.14. The summed E-state index contributed by atoms with van der Waals surface area (Å²) in [5.74, 6) is 0.797.